The van der Waals surface area contributed by atoms with E-state index in [2.05, 4.69) is 120 Å². The lowest BCUT2D eigenvalue weighted by Gasteiger charge is -2.38. The van der Waals surface area contributed by atoms with Gasteiger partial charge in [-0.15, -0.1) is 11.1 Å². The second-order valence-electron chi connectivity index (χ2n) is 9.04. The second kappa shape index (κ2) is 9.98. The van der Waals surface area contributed by atoms with Gasteiger partial charge in [0, 0.05) is 4.66 Å². The number of hydrogen-bond acceptors (Lipinski definition) is 0. The molecule has 0 aliphatic rings. The molecule has 0 spiro atoms. The van der Waals surface area contributed by atoms with Crippen LogP contribution < -0.4 is 5.19 Å². The van der Waals surface area contributed by atoms with Crippen LogP contribution in [-0.4, -0.2) is 16.1 Å². The van der Waals surface area contributed by atoms with E-state index in [1.54, 1.807) is 0 Å². The molecule has 0 aromatic heterocycles. The molecule has 0 saturated heterocycles. The molecule has 0 bridgehead atoms. The normalized spacial score (nSPS) is 14.7. The molecule has 0 nitrogen and oxygen atoms in total. The highest BCUT2D eigenvalue weighted by atomic mass is 35.5. The van der Waals surface area contributed by atoms with Crippen molar-refractivity contribution in [2.24, 2.45) is 0 Å². The molecule has 2 aromatic rings. The maximum Gasteiger partial charge on any atom is 0.207 e. The first-order valence-corrected chi connectivity index (χ1v) is 15.8. The van der Waals surface area contributed by atoms with E-state index < -0.39 is 16.1 Å². The van der Waals surface area contributed by atoms with Gasteiger partial charge in [0.1, 0.15) is 8.07 Å². The minimum absolute atomic E-state index is 0.612. The Bertz CT molecular complexity index is 851. The van der Waals surface area contributed by atoms with Crippen molar-refractivity contribution >= 4 is 39.0 Å². The molecule has 1 unspecified atom stereocenters. The summed E-state index contributed by atoms with van der Waals surface area (Å²) < 4.78 is 0.904. The summed E-state index contributed by atoms with van der Waals surface area (Å²) in [4.78, 5) is 0. The molecular weight excluding hydrogens is 404 g/mol. The van der Waals surface area contributed by atoms with Gasteiger partial charge in [-0.05, 0) is 40.0 Å². The van der Waals surface area contributed by atoms with Crippen molar-refractivity contribution in [3.8, 4) is 11.1 Å². The van der Waals surface area contributed by atoms with Gasteiger partial charge in [-0.25, -0.2) is 0 Å². The topological polar surface area (TPSA) is 0 Å². The first-order valence-electron chi connectivity index (χ1n) is 10.7. The standard InChI is InChI=1S/C26H35ClSi2/c1-21(2)29(22(3)4,23(5)6)19-18-28(7,25-16-12-9-13-17-25)26(27)20-24-14-10-8-11-15-24/h8-17,20-23H,1-7H3. The van der Waals surface area contributed by atoms with Gasteiger partial charge in [0.2, 0.25) is 8.07 Å². The highest BCUT2D eigenvalue weighted by molar-refractivity contribution is 7.09. The molecule has 0 amide bonds. The Morgan fingerprint density at radius 3 is 1.66 bits per heavy atom. The van der Waals surface area contributed by atoms with E-state index in [1.165, 1.54) is 5.19 Å². The summed E-state index contributed by atoms with van der Waals surface area (Å²) >= 11 is 7.06. The molecule has 2 aromatic carbocycles. The molecule has 154 valence electrons. The van der Waals surface area contributed by atoms with E-state index in [0.29, 0.717) is 16.6 Å². The Hall–Kier alpha value is -1.54. The predicted molar refractivity (Wildman–Crippen MR) is 137 cm³/mol. The average Bonchev–Trinajstić information content (AvgIpc) is 2.68. The van der Waals surface area contributed by atoms with E-state index in [4.69, 9.17) is 11.6 Å². The Balaban J connectivity index is 2.68. The van der Waals surface area contributed by atoms with Crippen LogP contribution >= 0.6 is 11.6 Å². The molecule has 0 saturated carbocycles. The molecule has 0 fully saturated rings. The Morgan fingerprint density at radius 1 is 0.759 bits per heavy atom. The van der Waals surface area contributed by atoms with Crippen molar-refractivity contribution in [1.29, 1.82) is 0 Å². The fourth-order valence-electron chi connectivity index (χ4n) is 4.55. The van der Waals surface area contributed by atoms with Gasteiger partial charge in [-0.2, -0.15) is 0 Å². The first-order chi connectivity index (χ1) is 13.6. The molecular formula is C26H35ClSi2. The lowest BCUT2D eigenvalue weighted by atomic mass is 10.2. The Morgan fingerprint density at radius 2 is 1.21 bits per heavy atom. The number of halogens is 1. The zero-order valence-electron chi connectivity index (χ0n) is 19.0. The van der Waals surface area contributed by atoms with Crippen molar-refractivity contribution in [2.45, 2.75) is 64.7 Å². The van der Waals surface area contributed by atoms with Crippen molar-refractivity contribution in [2.75, 3.05) is 0 Å². The molecule has 1 atom stereocenters. The highest BCUT2D eigenvalue weighted by Gasteiger charge is 2.42. The summed E-state index contributed by atoms with van der Waals surface area (Å²) in [5.74, 6) is 0. The van der Waals surface area contributed by atoms with Gasteiger partial charge >= 0.3 is 0 Å². The Kier molecular flexibility index (Phi) is 8.17. The van der Waals surface area contributed by atoms with Crippen LogP contribution in [-0.2, 0) is 0 Å². The van der Waals surface area contributed by atoms with Gasteiger partial charge in [-0.1, -0.05) is 114 Å². The lowest BCUT2D eigenvalue weighted by Crippen LogP contribution is -2.48. The number of rotatable bonds is 6. The summed E-state index contributed by atoms with van der Waals surface area (Å²) in [6, 6.07) is 21.0. The van der Waals surface area contributed by atoms with Crippen molar-refractivity contribution in [3.63, 3.8) is 0 Å². The first kappa shape index (κ1) is 23.7. The third-order valence-electron chi connectivity index (χ3n) is 6.32. The summed E-state index contributed by atoms with van der Waals surface area (Å²) in [5.41, 5.74) is 10.8. The van der Waals surface area contributed by atoms with Crippen LogP contribution in [0.3, 0.4) is 0 Å². The summed E-state index contributed by atoms with van der Waals surface area (Å²) in [6.07, 6.45) is 2.12. The molecule has 29 heavy (non-hydrogen) atoms. The van der Waals surface area contributed by atoms with Crippen molar-refractivity contribution in [1.82, 2.24) is 0 Å². The van der Waals surface area contributed by atoms with E-state index in [1.807, 2.05) is 6.07 Å². The van der Waals surface area contributed by atoms with Crippen LogP contribution in [0, 0.1) is 11.1 Å². The predicted octanol–water partition coefficient (Wildman–Crippen LogP) is 7.55. The molecule has 3 heteroatoms. The highest BCUT2D eigenvalue weighted by Crippen LogP contribution is 2.41. The van der Waals surface area contributed by atoms with E-state index in [9.17, 15) is 0 Å². The largest absolute Gasteiger partial charge is 0.207 e. The number of benzene rings is 2. The van der Waals surface area contributed by atoms with Crippen molar-refractivity contribution < 1.29 is 0 Å². The summed E-state index contributed by atoms with van der Waals surface area (Å²) in [6.45, 7) is 16.5. The van der Waals surface area contributed by atoms with Gasteiger partial charge in [0.25, 0.3) is 0 Å². The fraction of sp³-hybridized carbons (Fsp3) is 0.385. The fourth-order valence-corrected chi connectivity index (χ4v) is 13.7. The molecule has 0 heterocycles. The minimum atomic E-state index is -2.36. The maximum absolute atomic E-state index is 7.06. The van der Waals surface area contributed by atoms with Crippen LogP contribution in [0.5, 0.6) is 0 Å². The van der Waals surface area contributed by atoms with Crippen LogP contribution in [0.15, 0.2) is 65.3 Å². The third kappa shape index (κ3) is 5.15. The maximum atomic E-state index is 7.06. The van der Waals surface area contributed by atoms with Crippen LogP contribution in [0.2, 0.25) is 23.2 Å². The average molecular weight is 439 g/mol. The van der Waals surface area contributed by atoms with E-state index >= 15 is 0 Å². The van der Waals surface area contributed by atoms with E-state index in [-0.39, 0.29) is 0 Å². The Labute approximate surface area is 185 Å². The number of hydrogen-bond donors (Lipinski definition) is 0. The monoisotopic (exact) mass is 438 g/mol. The van der Waals surface area contributed by atoms with Gasteiger partial charge < -0.3 is 0 Å². The van der Waals surface area contributed by atoms with Crippen LogP contribution in [0.4, 0.5) is 0 Å². The second-order valence-corrected chi connectivity index (χ2v) is 19.0. The van der Waals surface area contributed by atoms with Gasteiger partial charge in [0.05, 0.1) is 0 Å². The lowest BCUT2D eigenvalue weighted by molar-refractivity contribution is 0.838. The van der Waals surface area contributed by atoms with Crippen LogP contribution in [0.25, 0.3) is 6.08 Å². The zero-order valence-corrected chi connectivity index (χ0v) is 21.7. The van der Waals surface area contributed by atoms with Gasteiger partial charge in [0.15, 0.2) is 0 Å². The smallest absolute Gasteiger partial charge is 0.136 e. The molecule has 0 radical (unpaired) electrons. The molecule has 2 rings (SSSR count). The quantitative estimate of drug-likeness (QED) is 0.322. The zero-order chi connectivity index (χ0) is 21.7. The molecule has 0 aliphatic carbocycles. The van der Waals surface area contributed by atoms with Crippen molar-refractivity contribution in [3.05, 3.63) is 70.9 Å². The SMILES string of the molecule is CC(C)[Si](C#C[Si](C)(C(Cl)=Cc1ccccc1)c1ccccc1)(C(C)C)C(C)C. The van der Waals surface area contributed by atoms with E-state index in [0.717, 1.165) is 10.2 Å². The minimum Gasteiger partial charge on any atom is -0.136 e. The summed E-state index contributed by atoms with van der Waals surface area (Å²) in [7, 11) is -4.18. The summed E-state index contributed by atoms with van der Waals surface area (Å²) in [5, 5.41) is 1.28. The van der Waals surface area contributed by atoms with Crippen LogP contribution in [0.1, 0.15) is 47.1 Å². The third-order valence-corrected chi connectivity index (χ3v) is 17.3. The molecule has 0 aliphatic heterocycles. The van der Waals surface area contributed by atoms with Gasteiger partial charge in [-0.3, -0.25) is 0 Å². The molecule has 0 N–H and O–H groups in total.